The maximum absolute atomic E-state index is 8.66. The molecule has 0 spiro atoms. The summed E-state index contributed by atoms with van der Waals surface area (Å²) in [5.41, 5.74) is 6.60. The summed E-state index contributed by atoms with van der Waals surface area (Å²) in [7, 11) is 1.78. The standard InChI is InChI=1S/C9H14N4S/c1-9(2,3)7-6(14-5-10)8(11)13(4)12-7/h11H2,1-4H3. The fraction of sp³-hybridized carbons (Fsp3) is 0.556. The number of hydrogen-bond donors (Lipinski definition) is 1. The molecule has 0 aliphatic rings. The van der Waals surface area contributed by atoms with Crippen molar-refractivity contribution in [2.45, 2.75) is 31.1 Å². The summed E-state index contributed by atoms with van der Waals surface area (Å²) >= 11 is 1.07. The maximum Gasteiger partial charge on any atom is 0.138 e. The first kappa shape index (κ1) is 10.9. The zero-order chi connectivity index (χ0) is 10.9. The van der Waals surface area contributed by atoms with Crippen LogP contribution in [0, 0.1) is 10.7 Å². The first-order valence-corrected chi connectivity index (χ1v) is 5.08. The minimum atomic E-state index is -0.0887. The van der Waals surface area contributed by atoms with Crippen molar-refractivity contribution < 1.29 is 0 Å². The number of thiocyanates is 1. The number of aryl methyl sites for hydroxylation is 1. The number of nitriles is 1. The summed E-state index contributed by atoms with van der Waals surface area (Å²) in [4.78, 5) is 0.780. The lowest BCUT2D eigenvalue weighted by Crippen LogP contribution is -2.13. The Kier molecular flexibility index (Phi) is 2.76. The van der Waals surface area contributed by atoms with E-state index in [1.807, 2.05) is 5.40 Å². The van der Waals surface area contributed by atoms with Crippen LogP contribution in [0.15, 0.2) is 4.90 Å². The molecule has 2 N–H and O–H groups in total. The van der Waals surface area contributed by atoms with Crippen LogP contribution in [0.3, 0.4) is 0 Å². The van der Waals surface area contributed by atoms with E-state index in [2.05, 4.69) is 25.9 Å². The molecule has 1 aromatic heterocycles. The summed E-state index contributed by atoms with van der Waals surface area (Å²) < 4.78 is 1.61. The van der Waals surface area contributed by atoms with Crippen LogP contribution in [-0.4, -0.2) is 9.78 Å². The van der Waals surface area contributed by atoms with Gasteiger partial charge in [-0.2, -0.15) is 10.4 Å². The Morgan fingerprint density at radius 3 is 2.50 bits per heavy atom. The van der Waals surface area contributed by atoms with Gasteiger partial charge in [0.1, 0.15) is 11.2 Å². The molecule has 0 aliphatic carbocycles. The van der Waals surface area contributed by atoms with Crippen LogP contribution < -0.4 is 5.73 Å². The number of nitrogens with zero attached hydrogens (tertiary/aromatic N) is 3. The Bertz CT molecular complexity index is 381. The maximum atomic E-state index is 8.66. The average Bonchev–Trinajstić information content (AvgIpc) is 2.32. The van der Waals surface area contributed by atoms with Gasteiger partial charge in [0.15, 0.2) is 0 Å². The molecule has 0 amide bonds. The van der Waals surface area contributed by atoms with Gasteiger partial charge >= 0.3 is 0 Å². The van der Waals surface area contributed by atoms with Crippen molar-refractivity contribution in [3.8, 4) is 5.40 Å². The van der Waals surface area contributed by atoms with Crippen LogP contribution in [0.5, 0.6) is 0 Å². The van der Waals surface area contributed by atoms with Gasteiger partial charge in [-0.15, -0.1) is 0 Å². The van der Waals surface area contributed by atoms with Crippen LogP contribution in [0.2, 0.25) is 0 Å². The van der Waals surface area contributed by atoms with E-state index < -0.39 is 0 Å². The lowest BCUT2D eigenvalue weighted by atomic mass is 9.92. The van der Waals surface area contributed by atoms with Crippen molar-refractivity contribution in [3.05, 3.63) is 5.69 Å². The van der Waals surface area contributed by atoms with Gasteiger partial charge in [0.25, 0.3) is 0 Å². The largest absolute Gasteiger partial charge is 0.383 e. The van der Waals surface area contributed by atoms with Crippen LogP contribution >= 0.6 is 11.8 Å². The highest BCUT2D eigenvalue weighted by Crippen LogP contribution is 2.34. The lowest BCUT2D eigenvalue weighted by Gasteiger charge is -2.15. The number of thioether (sulfide) groups is 1. The summed E-state index contributed by atoms with van der Waals surface area (Å²) in [6.07, 6.45) is 0. The number of hydrogen-bond acceptors (Lipinski definition) is 4. The molecule has 0 bridgehead atoms. The zero-order valence-corrected chi connectivity index (χ0v) is 9.64. The third-order valence-corrected chi connectivity index (χ3v) is 2.60. The Morgan fingerprint density at radius 2 is 2.07 bits per heavy atom. The first-order chi connectivity index (χ1) is 6.38. The van der Waals surface area contributed by atoms with Gasteiger partial charge in [-0.05, 0) is 11.8 Å². The molecule has 4 nitrogen and oxygen atoms in total. The summed E-state index contributed by atoms with van der Waals surface area (Å²) in [6, 6.07) is 0. The molecule has 0 aromatic carbocycles. The highest BCUT2D eigenvalue weighted by atomic mass is 32.2. The quantitative estimate of drug-likeness (QED) is 0.567. The number of aromatic nitrogens is 2. The Morgan fingerprint density at radius 1 is 1.50 bits per heavy atom. The molecule has 0 saturated carbocycles. The Hall–Kier alpha value is -1.15. The van der Waals surface area contributed by atoms with Gasteiger partial charge in [0.05, 0.1) is 10.6 Å². The number of nitrogens with two attached hydrogens (primary N) is 1. The predicted molar refractivity (Wildman–Crippen MR) is 57.8 cm³/mol. The minimum absolute atomic E-state index is 0.0887. The Balaban J connectivity index is 3.31. The molecule has 0 unspecified atom stereocenters. The molecule has 0 saturated heterocycles. The molecule has 76 valence electrons. The summed E-state index contributed by atoms with van der Waals surface area (Å²) in [6.45, 7) is 6.16. The molecule has 5 heteroatoms. The molecular formula is C9H14N4S. The topological polar surface area (TPSA) is 67.6 Å². The molecule has 0 radical (unpaired) electrons. The molecule has 1 rings (SSSR count). The van der Waals surface area contributed by atoms with Gasteiger partial charge in [0.2, 0.25) is 0 Å². The van der Waals surface area contributed by atoms with E-state index in [4.69, 9.17) is 11.0 Å². The highest BCUT2D eigenvalue weighted by Gasteiger charge is 2.25. The van der Waals surface area contributed by atoms with Gasteiger partial charge < -0.3 is 5.73 Å². The van der Waals surface area contributed by atoms with Crippen molar-refractivity contribution >= 4 is 17.6 Å². The zero-order valence-electron chi connectivity index (χ0n) is 8.83. The third-order valence-electron chi connectivity index (χ3n) is 1.90. The van der Waals surface area contributed by atoms with Crippen LogP contribution in [-0.2, 0) is 12.5 Å². The SMILES string of the molecule is Cn1nc(C(C)(C)C)c(SC#N)c1N. The van der Waals surface area contributed by atoms with E-state index in [9.17, 15) is 0 Å². The smallest absolute Gasteiger partial charge is 0.138 e. The summed E-state index contributed by atoms with van der Waals surface area (Å²) in [5.74, 6) is 0.557. The van der Waals surface area contributed by atoms with Crippen LogP contribution in [0.1, 0.15) is 26.5 Å². The molecule has 0 aliphatic heterocycles. The third kappa shape index (κ3) is 1.85. The second-order valence-corrected chi connectivity index (χ2v) is 4.92. The Labute approximate surface area is 88.1 Å². The first-order valence-electron chi connectivity index (χ1n) is 4.26. The van der Waals surface area contributed by atoms with E-state index in [1.54, 1.807) is 11.7 Å². The fourth-order valence-corrected chi connectivity index (χ4v) is 1.93. The van der Waals surface area contributed by atoms with E-state index in [1.165, 1.54) is 0 Å². The minimum Gasteiger partial charge on any atom is -0.383 e. The van der Waals surface area contributed by atoms with Crippen molar-refractivity contribution in [1.29, 1.82) is 5.26 Å². The fourth-order valence-electron chi connectivity index (χ4n) is 1.15. The van der Waals surface area contributed by atoms with Gasteiger partial charge in [-0.3, -0.25) is 4.68 Å². The predicted octanol–water partition coefficient (Wildman–Crippen LogP) is 1.87. The number of anilines is 1. The summed E-state index contributed by atoms with van der Waals surface area (Å²) in [5, 5.41) is 15.0. The lowest BCUT2D eigenvalue weighted by molar-refractivity contribution is 0.545. The van der Waals surface area contributed by atoms with E-state index >= 15 is 0 Å². The van der Waals surface area contributed by atoms with Gasteiger partial charge in [-0.1, -0.05) is 20.8 Å². The molecule has 1 aromatic rings. The van der Waals surface area contributed by atoms with Gasteiger partial charge in [-0.25, -0.2) is 0 Å². The number of rotatable bonds is 1. The normalized spacial score (nSPS) is 11.4. The van der Waals surface area contributed by atoms with Gasteiger partial charge in [0, 0.05) is 12.5 Å². The molecule has 14 heavy (non-hydrogen) atoms. The van der Waals surface area contributed by atoms with Crippen molar-refractivity contribution in [1.82, 2.24) is 9.78 Å². The van der Waals surface area contributed by atoms with E-state index in [0.29, 0.717) is 5.82 Å². The molecule has 0 fully saturated rings. The van der Waals surface area contributed by atoms with Crippen LogP contribution in [0.4, 0.5) is 5.82 Å². The van der Waals surface area contributed by atoms with E-state index in [0.717, 1.165) is 22.4 Å². The van der Waals surface area contributed by atoms with Crippen molar-refractivity contribution in [2.24, 2.45) is 7.05 Å². The molecular weight excluding hydrogens is 196 g/mol. The molecule has 1 heterocycles. The van der Waals surface area contributed by atoms with Crippen LogP contribution in [0.25, 0.3) is 0 Å². The highest BCUT2D eigenvalue weighted by molar-refractivity contribution is 8.03. The molecule has 0 atom stereocenters. The number of nitrogen functional groups attached to an aromatic ring is 1. The van der Waals surface area contributed by atoms with Crippen molar-refractivity contribution in [2.75, 3.05) is 5.73 Å². The monoisotopic (exact) mass is 210 g/mol. The second kappa shape index (κ2) is 3.54. The van der Waals surface area contributed by atoms with E-state index in [-0.39, 0.29) is 5.41 Å². The average molecular weight is 210 g/mol. The van der Waals surface area contributed by atoms with Crippen molar-refractivity contribution in [3.63, 3.8) is 0 Å². The second-order valence-electron chi connectivity index (χ2n) is 4.13.